The summed E-state index contributed by atoms with van der Waals surface area (Å²) in [6.45, 7) is -0.697. The number of nitrogens with zero attached hydrogens (tertiary/aromatic N) is 1. The lowest BCUT2D eigenvalue weighted by atomic mass is 10.2. The van der Waals surface area contributed by atoms with Crippen molar-refractivity contribution < 1.29 is 32.1 Å². The first kappa shape index (κ1) is 20.0. The number of hydrogen-bond acceptors (Lipinski definition) is 7. The standard InChI is InChI=1S/C16H13FN2O7S/c1-27(24,25)12-5-2-10(3-6-12)16(21)26-9-15(20)18-11-4-7-13(17)14(8-11)19(22)23/h2-8H,9H2,1H3,(H,18,20). The molecule has 0 heterocycles. The van der Waals surface area contributed by atoms with Crippen LogP contribution in [-0.2, 0) is 19.4 Å². The van der Waals surface area contributed by atoms with Gasteiger partial charge in [0.2, 0.25) is 5.82 Å². The highest BCUT2D eigenvalue weighted by Crippen LogP contribution is 2.21. The molecule has 0 saturated heterocycles. The highest BCUT2D eigenvalue weighted by Gasteiger charge is 2.16. The maximum atomic E-state index is 13.2. The number of ether oxygens (including phenoxy) is 1. The number of benzene rings is 2. The van der Waals surface area contributed by atoms with Crippen LogP contribution in [0.2, 0.25) is 0 Å². The highest BCUT2D eigenvalue weighted by molar-refractivity contribution is 7.90. The Morgan fingerprint density at radius 2 is 1.81 bits per heavy atom. The van der Waals surface area contributed by atoms with Crippen LogP contribution in [0.15, 0.2) is 47.4 Å². The fourth-order valence-corrected chi connectivity index (χ4v) is 2.61. The van der Waals surface area contributed by atoms with E-state index < -0.39 is 44.7 Å². The maximum Gasteiger partial charge on any atom is 0.338 e. The Morgan fingerprint density at radius 3 is 2.37 bits per heavy atom. The van der Waals surface area contributed by atoms with E-state index in [4.69, 9.17) is 4.74 Å². The van der Waals surface area contributed by atoms with Crippen LogP contribution in [0.25, 0.3) is 0 Å². The first-order valence-electron chi connectivity index (χ1n) is 7.29. The smallest absolute Gasteiger partial charge is 0.338 e. The topological polar surface area (TPSA) is 133 Å². The van der Waals surface area contributed by atoms with Gasteiger partial charge in [0.15, 0.2) is 16.4 Å². The number of carbonyl (C=O) groups is 2. The first-order chi connectivity index (χ1) is 12.6. The van der Waals surface area contributed by atoms with Gasteiger partial charge < -0.3 is 10.1 Å². The minimum Gasteiger partial charge on any atom is -0.452 e. The van der Waals surface area contributed by atoms with Crippen molar-refractivity contribution in [2.45, 2.75) is 4.90 Å². The van der Waals surface area contributed by atoms with Crippen LogP contribution >= 0.6 is 0 Å². The minimum absolute atomic E-state index is 0.0229. The molecule has 0 aromatic heterocycles. The molecular formula is C16H13FN2O7S. The molecule has 9 nitrogen and oxygen atoms in total. The molecule has 0 bridgehead atoms. The van der Waals surface area contributed by atoms with E-state index >= 15 is 0 Å². The van der Waals surface area contributed by atoms with E-state index in [0.29, 0.717) is 0 Å². The van der Waals surface area contributed by atoms with Gasteiger partial charge >= 0.3 is 11.7 Å². The SMILES string of the molecule is CS(=O)(=O)c1ccc(C(=O)OCC(=O)Nc2ccc(F)c([N+](=O)[O-])c2)cc1. The number of anilines is 1. The van der Waals surface area contributed by atoms with Gasteiger partial charge in [0.1, 0.15) is 0 Å². The molecule has 142 valence electrons. The van der Waals surface area contributed by atoms with E-state index in [-0.39, 0.29) is 16.1 Å². The zero-order valence-corrected chi connectivity index (χ0v) is 14.7. The number of esters is 1. The number of nitro groups is 1. The minimum atomic E-state index is -3.41. The molecule has 0 radical (unpaired) electrons. The van der Waals surface area contributed by atoms with Gasteiger partial charge in [0.25, 0.3) is 5.91 Å². The van der Waals surface area contributed by atoms with Gasteiger partial charge in [0.05, 0.1) is 15.4 Å². The third kappa shape index (κ3) is 5.31. The summed E-state index contributed by atoms with van der Waals surface area (Å²) in [7, 11) is -3.41. The van der Waals surface area contributed by atoms with E-state index in [1.54, 1.807) is 0 Å². The van der Waals surface area contributed by atoms with Gasteiger partial charge in [0, 0.05) is 18.0 Å². The Balaban J connectivity index is 1.96. The molecule has 2 rings (SSSR count). The molecule has 27 heavy (non-hydrogen) atoms. The molecule has 0 aliphatic rings. The number of nitrogens with one attached hydrogen (secondary N) is 1. The van der Waals surface area contributed by atoms with Crippen molar-refractivity contribution in [3.63, 3.8) is 0 Å². The quantitative estimate of drug-likeness (QED) is 0.448. The van der Waals surface area contributed by atoms with Crippen LogP contribution < -0.4 is 5.32 Å². The molecule has 0 unspecified atom stereocenters. The summed E-state index contributed by atoms with van der Waals surface area (Å²) < 4.78 is 40.7. The molecular weight excluding hydrogens is 383 g/mol. The van der Waals surface area contributed by atoms with E-state index in [9.17, 15) is 32.5 Å². The van der Waals surface area contributed by atoms with Crippen LogP contribution in [0.4, 0.5) is 15.8 Å². The Labute approximate surface area is 152 Å². The molecule has 0 aliphatic heterocycles. The number of halogens is 1. The van der Waals surface area contributed by atoms with Crippen LogP contribution in [0.1, 0.15) is 10.4 Å². The van der Waals surface area contributed by atoms with Crippen molar-refractivity contribution in [3.8, 4) is 0 Å². The molecule has 1 amide bonds. The fraction of sp³-hybridized carbons (Fsp3) is 0.125. The monoisotopic (exact) mass is 396 g/mol. The molecule has 0 atom stereocenters. The Morgan fingerprint density at radius 1 is 1.19 bits per heavy atom. The van der Waals surface area contributed by atoms with Gasteiger partial charge in [-0.15, -0.1) is 0 Å². The molecule has 0 saturated carbocycles. The Bertz CT molecular complexity index is 1000. The van der Waals surface area contributed by atoms with E-state index in [0.717, 1.165) is 24.5 Å². The maximum absolute atomic E-state index is 13.2. The van der Waals surface area contributed by atoms with Crippen LogP contribution in [-0.4, -0.2) is 38.1 Å². The summed E-state index contributed by atoms with van der Waals surface area (Å²) in [5.41, 5.74) is -0.815. The van der Waals surface area contributed by atoms with E-state index in [2.05, 4.69) is 5.32 Å². The third-order valence-corrected chi connectivity index (χ3v) is 4.41. The van der Waals surface area contributed by atoms with Crippen LogP contribution in [0.3, 0.4) is 0 Å². The lowest BCUT2D eigenvalue weighted by molar-refractivity contribution is -0.387. The average Bonchev–Trinajstić information content (AvgIpc) is 2.60. The summed E-state index contributed by atoms with van der Waals surface area (Å²) in [6.07, 6.45) is 1.02. The average molecular weight is 396 g/mol. The highest BCUT2D eigenvalue weighted by atomic mass is 32.2. The molecule has 11 heteroatoms. The zero-order chi connectivity index (χ0) is 20.2. The van der Waals surface area contributed by atoms with Crippen molar-refractivity contribution in [1.29, 1.82) is 0 Å². The molecule has 1 N–H and O–H groups in total. The number of rotatable bonds is 6. The second-order valence-electron chi connectivity index (χ2n) is 5.34. The Kier molecular flexibility index (Phi) is 5.85. The summed E-state index contributed by atoms with van der Waals surface area (Å²) >= 11 is 0. The van der Waals surface area contributed by atoms with Crippen molar-refractivity contribution in [2.75, 3.05) is 18.2 Å². The number of amides is 1. The van der Waals surface area contributed by atoms with Gasteiger partial charge in [-0.3, -0.25) is 14.9 Å². The molecule has 0 fully saturated rings. The molecule has 2 aromatic rings. The lowest BCUT2D eigenvalue weighted by Crippen LogP contribution is -2.21. The number of sulfone groups is 1. The summed E-state index contributed by atoms with van der Waals surface area (Å²) in [5.74, 6) is -2.71. The molecule has 2 aromatic carbocycles. The summed E-state index contributed by atoms with van der Waals surface area (Å²) in [4.78, 5) is 33.4. The number of carbonyl (C=O) groups excluding carboxylic acids is 2. The van der Waals surface area contributed by atoms with Crippen molar-refractivity contribution >= 4 is 33.1 Å². The number of nitro benzene ring substituents is 1. The van der Waals surface area contributed by atoms with Gasteiger partial charge in [-0.2, -0.15) is 4.39 Å². The van der Waals surface area contributed by atoms with Crippen LogP contribution in [0.5, 0.6) is 0 Å². The predicted octanol–water partition coefficient (Wildman–Crippen LogP) is 1.93. The normalized spacial score (nSPS) is 10.9. The lowest BCUT2D eigenvalue weighted by Gasteiger charge is -2.07. The predicted molar refractivity (Wildman–Crippen MR) is 91.5 cm³/mol. The zero-order valence-electron chi connectivity index (χ0n) is 13.8. The van der Waals surface area contributed by atoms with E-state index in [1.165, 1.54) is 24.3 Å². The van der Waals surface area contributed by atoms with Crippen molar-refractivity contribution in [1.82, 2.24) is 0 Å². The second-order valence-corrected chi connectivity index (χ2v) is 7.36. The Hall–Kier alpha value is -3.34. The molecule has 0 spiro atoms. The third-order valence-electron chi connectivity index (χ3n) is 3.28. The first-order valence-corrected chi connectivity index (χ1v) is 9.18. The fourth-order valence-electron chi connectivity index (χ4n) is 1.98. The van der Waals surface area contributed by atoms with E-state index in [1.807, 2.05) is 0 Å². The molecule has 0 aliphatic carbocycles. The van der Waals surface area contributed by atoms with Gasteiger partial charge in [-0.1, -0.05) is 0 Å². The van der Waals surface area contributed by atoms with Gasteiger partial charge in [-0.25, -0.2) is 13.2 Å². The van der Waals surface area contributed by atoms with Crippen molar-refractivity contribution in [2.24, 2.45) is 0 Å². The summed E-state index contributed by atoms with van der Waals surface area (Å²) in [6, 6.07) is 7.70. The van der Waals surface area contributed by atoms with Gasteiger partial charge in [-0.05, 0) is 36.4 Å². The van der Waals surface area contributed by atoms with Crippen molar-refractivity contribution in [3.05, 3.63) is 64.0 Å². The van der Waals surface area contributed by atoms with Crippen LogP contribution in [0, 0.1) is 15.9 Å². The second kappa shape index (κ2) is 7.91. The summed E-state index contributed by atoms with van der Waals surface area (Å²) in [5, 5.41) is 12.9. The largest absolute Gasteiger partial charge is 0.452 e. The number of hydrogen-bond donors (Lipinski definition) is 1.